The van der Waals surface area contributed by atoms with Gasteiger partial charge < -0.3 is 19.5 Å². The molecule has 0 bridgehead atoms. The summed E-state index contributed by atoms with van der Waals surface area (Å²) >= 11 is 1.31. The van der Waals surface area contributed by atoms with Crippen molar-refractivity contribution in [3.05, 3.63) is 36.4 Å². The van der Waals surface area contributed by atoms with Gasteiger partial charge in [0.1, 0.15) is 25.0 Å². The van der Waals surface area contributed by atoms with Crippen LogP contribution in [0.1, 0.15) is 12.8 Å². The molecule has 32 heavy (non-hydrogen) atoms. The number of rotatable bonds is 5. The smallest absolute Gasteiger partial charge is 0.244 e. The molecule has 2 aliphatic rings. The SMILES string of the molecule is COc1ccc2nc(NC(=O)C3CCCN3S(=O)(=O)c3ccc4c(c3)OCCO4)sc2c1. The topological polar surface area (TPSA) is 107 Å². The molecule has 1 fully saturated rings. The molecule has 2 aromatic carbocycles. The number of sulfonamides is 1. The van der Waals surface area contributed by atoms with E-state index in [1.165, 1.54) is 27.8 Å². The highest BCUT2D eigenvalue weighted by Gasteiger charge is 2.40. The van der Waals surface area contributed by atoms with Crippen LogP contribution in [0.2, 0.25) is 0 Å². The van der Waals surface area contributed by atoms with E-state index in [1.807, 2.05) is 12.1 Å². The Hall–Kier alpha value is -2.89. The van der Waals surface area contributed by atoms with Crippen molar-refractivity contribution in [2.24, 2.45) is 0 Å². The van der Waals surface area contributed by atoms with Crippen LogP contribution in [0.15, 0.2) is 41.3 Å². The van der Waals surface area contributed by atoms with Crippen molar-refractivity contribution in [1.29, 1.82) is 0 Å². The molecule has 11 heteroatoms. The van der Waals surface area contributed by atoms with Gasteiger partial charge in [-0.3, -0.25) is 4.79 Å². The third-order valence-corrected chi connectivity index (χ3v) is 8.29. The van der Waals surface area contributed by atoms with Crippen LogP contribution in [0.4, 0.5) is 5.13 Å². The van der Waals surface area contributed by atoms with Gasteiger partial charge in [-0.1, -0.05) is 11.3 Å². The Morgan fingerprint density at radius 3 is 2.81 bits per heavy atom. The van der Waals surface area contributed by atoms with Gasteiger partial charge in [-0.25, -0.2) is 13.4 Å². The lowest BCUT2D eigenvalue weighted by atomic mass is 10.2. The lowest BCUT2D eigenvalue weighted by molar-refractivity contribution is -0.119. The van der Waals surface area contributed by atoms with E-state index in [2.05, 4.69) is 10.3 Å². The summed E-state index contributed by atoms with van der Waals surface area (Å²) in [6.45, 7) is 1.05. The minimum Gasteiger partial charge on any atom is -0.497 e. The molecule has 1 aromatic heterocycles. The lowest BCUT2D eigenvalue weighted by Gasteiger charge is -2.24. The van der Waals surface area contributed by atoms with E-state index in [9.17, 15) is 13.2 Å². The monoisotopic (exact) mass is 475 g/mol. The second kappa shape index (κ2) is 8.23. The number of amides is 1. The van der Waals surface area contributed by atoms with Crippen LogP contribution in [0.3, 0.4) is 0 Å². The van der Waals surface area contributed by atoms with Crippen molar-refractivity contribution >= 4 is 42.6 Å². The first-order valence-corrected chi connectivity index (χ1v) is 12.4. The summed E-state index contributed by atoms with van der Waals surface area (Å²) in [7, 11) is -2.30. The van der Waals surface area contributed by atoms with Crippen molar-refractivity contribution in [3.63, 3.8) is 0 Å². The largest absolute Gasteiger partial charge is 0.497 e. The molecule has 3 heterocycles. The first-order chi connectivity index (χ1) is 15.5. The van der Waals surface area contributed by atoms with Gasteiger partial charge >= 0.3 is 0 Å². The van der Waals surface area contributed by atoms with Crippen LogP contribution < -0.4 is 19.5 Å². The summed E-state index contributed by atoms with van der Waals surface area (Å²) in [4.78, 5) is 17.5. The molecular formula is C21H21N3O6S2. The average Bonchev–Trinajstić information content (AvgIpc) is 3.45. The molecule has 1 atom stereocenters. The fourth-order valence-corrected chi connectivity index (χ4v) is 6.45. The summed E-state index contributed by atoms with van der Waals surface area (Å²) < 4.78 is 45.0. The Morgan fingerprint density at radius 1 is 1.19 bits per heavy atom. The van der Waals surface area contributed by atoms with Crippen LogP contribution in [0.5, 0.6) is 17.2 Å². The quantitative estimate of drug-likeness (QED) is 0.605. The van der Waals surface area contributed by atoms with Gasteiger partial charge in [-0.05, 0) is 43.2 Å². The van der Waals surface area contributed by atoms with Crippen molar-refractivity contribution in [3.8, 4) is 17.2 Å². The van der Waals surface area contributed by atoms with Gasteiger partial charge in [0.05, 0.1) is 22.2 Å². The Kier molecular flexibility index (Phi) is 5.39. The van der Waals surface area contributed by atoms with Crippen LogP contribution in [-0.2, 0) is 14.8 Å². The molecule has 1 saturated heterocycles. The minimum atomic E-state index is -3.89. The number of thiazole rings is 1. The Labute approximate surface area is 189 Å². The first-order valence-electron chi connectivity index (χ1n) is 10.1. The van der Waals surface area contributed by atoms with E-state index in [0.717, 1.165) is 10.2 Å². The first kappa shape index (κ1) is 21.0. The maximum absolute atomic E-state index is 13.3. The van der Waals surface area contributed by atoms with Crippen molar-refractivity contribution < 1.29 is 27.4 Å². The number of nitrogens with zero attached hydrogens (tertiary/aromatic N) is 2. The zero-order valence-electron chi connectivity index (χ0n) is 17.2. The fraction of sp³-hybridized carbons (Fsp3) is 0.333. The Bertz CT molecular complexity index is 1290. The van der Waals surface area contributed by atoms with Crippen molar-refractivity contribution in [1.82, 2.24) is 9.29 Å². The highest BCUT2D eigenvalue weighted by atomic mass is 32.2. The molecule has 3 aromatic rings. The maximum atomic E-state index is 13.3. The summed E-state index contributed by atoms with van der Waals surface area (Å²) in [5.41, 5.74) is 0.735. The lowest BCUT2D eigenvalue weighted by Crippen LogP contribution is -2.43. The summed E-state index contributed by atoms with van der Waals surface area (Å²) in [5.74, 6) is 1.21. The molecule has 2 aliphatic heterocycles. The molecule has 1 unspecified atom stereocenters. The summed E-state index contributed by atoms with van der Waals surface area (Å²) in [6.07, 6.45) is 1.03. The van der Waals surface area contributed by atoms with Crippen molar-refractivity contribution in [2.75, 3.05) is 32.2 Å². The second-order valence-electron chi connectivity index (χ2n) is 7.42. The number of carbonyl (C=O) groups excluding carboxylic acids is 1. The number of nitrogens with one attached hydrogen (secondary N) is 1. The van der Waals surface area contributed by atoms with Crippen LogP contribution in [0, 0.1) is 0 Å². The zero-order chi connectivity index (χ0) is 22.3. The number of anilines is 1. The van der Waals surface area contributed by atoms with Crippen LogP contribution >= 0.6 is 11.3 Å². The number of fused-ring (bicyclic) bond motifs is 2. The third kappa shape index (κ3) is 3.76. The van der Waals surface area contributed by atoms with Gasteiger partial charge in [0.15, 0.2) is 16.6 Å². The zero-order valence-corrected chi connectivity index (χ0v) is 18.9. The number of ether oxygens (including phenoxy) is 3. The summed E-state index contributed by atoms with van der Waals surface area (Å²) in [6, 6.07) is 9.17. The number of hydrogen-bond donors (Lipinski definition) is 1. The minimum absolute atomic E-state index is 0.0773. The van der Waals surface area contributed by atoms with E-state index < -0.39 is 22.0 Å². The molecule has 5 rings (SSSR count). The van der Waals surface area contributed by atoms with Gasteiger partial charge in [-0.2, -0.15) is 4.31 Å². The number of carbonyl (C=O) groups is 1. The van der Waals surface area contributed by atoms with E-state index in [1.54, 1.807) is 19.2 Å². The van der Waals surface area contributed by atoms with Crippen molar-refractivity contribution in [2.45, 2.75) is 23.8 Å². The van der Waals surface area contributed by atoms with Gasteiger partial charge in [0, 0.05) is 12.6 Å². The average molecular weight is 476 g/mol. The van der Waals surface area contributed by atoms with E-state index in [0.29, 0.717) is 48.4 Å². The van der Waals surface area contributed by atoms with Gasteiger partial charge in [0.25, 0.3) is 0 Å². The predicted molar refractivity (Wildman–Crippen MR) is 119 cm³/mol. The number of aromatic nitrogens is 1. The molecule has 0 aliphatic carbocycles. The Morgan fingerprint density at radius 2 is 2.00 bits per heavy atom. The number of benzene rings is 2. The highest BCUT2D eigenvalue weighted by Crippen LogP contribution is 2.35. The van der Waals surface area contributed by atoms with Crippen LogP contribution in [0.25, 0.3) is 10.2 Å². The fourth-order valence-electron chi connectivity index (χ4n) is 3.88. The van der Waals surface area contributed by atoms with E-state index in [-0.39, 0.29) is 11.4 Å². The van der Waals surface area contributed by atoms with Gasteiger partial charge in [-0.15, -0.1) is 0 Å². The Balaban J connectivity index is 1.37. The molecule has 0 radical (unpaired) electrons. The second-order valence-corrected chi connectivity index (χ2v) is 10.3. The molecule has 9 nitrogen and oxygen atoms in total. The number of hydrogen-bond acceptors (Lipinski definition) is 8. The third-order valence-electron chi connectivity index (χ3n) is 5.45. The molecule has 168 valence electrons. The molecule has 0 spiro atoms. The van der Waals surface area contributed by atoms with Crippen LogP contribution in [-0.4, -0.2) is 56.5 Å². The molecule has 1 amide bonds. The highest BCUT2D eigenvalue weighted by molar-refractivity contribution is 7.89. The standard InChI is InChI=1S/C21H21N3O6S2/c1-28-13-4-6-15-19(11-13)31-21(22-15)23-20(25)16-3-2-8-24(16)32(26,27)14-5-7-17-18(12-14)30-10-9-29-17/h4-7,11-12,16H,2-3,8-10H2,1H3,(H,22,23,25). The van der Waals surface area contributed by atoms with E-state index >= 15 is 0 Å². The maximum Gasteiger partial charge on any atom is 0.244 e. The van der Waals surface area contributed by atoms with E-state index in [4.69, 9.17) is 14.2 Å². The van der Waals surface area contributed by atoms with Gasteiger partial charge in [0.2, 0.25) is 15.9 Å². The molecule has 0 saturated carbocycles. The number of methoxy groups -OCH3 is 1. The normalized spacial score (nSPS) is 18.6. The predicted octanol–water partition coefficient (Wildman–Crippen LogP) is 2.87. The summed E-state index contributed by atoms with van der Waals surface area (Å²) in [5, 5.41) is 3.21. The molecule has 1 N–H and O–H groups in total. The molecular weight excluding hydrogens is 454 g/mol.